The number of para-hydroxylation sites is 1. The van der Waals surface area contributed by atoms with Gasteiger partial charge in [0.15, 0.2) is 0 Å². The average Bonchev–Trinajstić information content (AvgIpc) is 4.02. The number of cyclic esters (lactones) is 1. The van der Waals surface area contributed by atoms with Gasteiger partial charge in [0, 0.05) is 72.1 Å². The zero-order chi connectivity index (χ0) is 56.9. The van der Waals surface area contributed by atoms with Gasteiger partial charge in [0.2, 0.25) is 47.6 Å². The summed E-state index contributed by atoms with van der Waals surface area (Å²) in [4.78, 5) is 145. The number of aryl methyl sites for hydroxylation is 1. The van der Waals surface area contributed by atoms with E-state index in [0.29, 0.717) is 70.3 Å². The first kappa shape index (κ1) is 62.0. The number of amides is 7. The van der Waals surface area contributed by atoms with Crippen LogP contribution in [-0.2, 0) is 75.1 Å². The van der Waals surface area contributed by atoms with Crippen molar-refractivity contribution in [1.82, 2.24) is 52.3 Å². The molecule has 0 aliphatic carbocycles. The van der Waals surface area contributed by atoms with E-state index in [1.54, 1.807) is 11.8 Å². The van der Waals surface area contributed by atoms with Crippen molar-refractivity contribution < 1.29 is 77.5 Å². The number of benzene rings is 1. The van der Waals surface area contributed by atoms with Crippen LogP contribution in [-0.4, -0.2) is 212 Å². The Kier molecular flexibility index (Phi) is 24.6. The van der Waals surface area contributed by atoms with Gasteiger partial charge < -0.3 is 67.3 Å². The molecule has 7 amide bonds. The van der Waals surface area contributed by atoms with Crippen molar-refractivity contribution in [3.8, 4) is 0 Å². The third-order valence-corrected chi connectivity index (χ3v) is 14.3. The molecule has 27 heteroatoms. The molecule has 1 aromatic rings. The second-order valence-corrected chi connectivity index (χ2v) is 20.2. The Hall–Kier alpha value is -6.81. The lowest BCUT2D eigenvalue weighted by Gasteiger charge is -2.32. The van der Waals surface area contributed by atoms with E-state index in [2.05, 4.69) is 42.5 Å². The highest BCUT2D eigenvalue weighted by molar-refractivity contribution is 6.08. The van der Waals surface area contributed by atoms with Gasteiger partial charge in [-0.1, -0.05) is 38.5 Å². The van der Waals surface area contributed by atoms with Gasteiger partial charge in [-0.3, -0.25) is 67.4 Å². The van der Waals surface area contributed by atoms with Crippen molar-refractivity contribution in [3.05, 3.63) is 29.3 Å². The van der Waals surface area contributed by atoms with E-state index >= 15 is 0 Å². The first-order valence-electron chi connectivity index (χ1n) is 26.7. The van der Waals surface area contributed by atoms with E-state index < -0.39 is 108 Å². The summed E-state index contributed by atoms with van der Waals surface area (Å²) in [5.41, 5.74) is 2.22. The first-order valence-corrected chi connectivity index (χ1v) is 26.7. The molecule has 2 saturated heterocycles. The number of carboxylic acids is 3. The number of carboxylic acid groups (broad SMARTS) is 3. The molecule has 0 radical (unpaired) electrons. The van der Waals surface area contributed by atoms with Gasteiger partial charge in [-0.25, -0.2) is 0 Å². The maximum atomic E-state index is 14.3. The Morgan fingerprint density at radius 2 is 1.47 bits per heavy atom. The van der Waals surface area contributed by atoms with Crippen LogP contribution in [0.15, 0.2) is 18.2 Å². The van der Waals surface area contributed by atoms with Crippen LogP contribution in [0.1, 0.15) is 82.8 Å². The monoisotopic (exact) mass is 1100 g/mol. The van der Waals surface area contributed by atoms with Gasteiger partial charge in [0.25, 0.3) is 0 Å². The van der Waals surface area contributed by atoms with Gasteiger partial charge in [0.1, 0.15) is 30.2 Å². The number of ether oxygens (including phenoxy) is 2. The van der Waals surface area contributed by atoms with Gasteiger partial charge in [0.05, 0.1) is 31.7 Å². The Labute approximate surface area is 452 Å². The summed E-state index contributed by atoms with van der Waals surface area (Å²) >= 11 is 0. The number of aliphatic carboxylic acids is 3. The minimum absolute atomic E-state index is 0.0214. The molecule has 0 spiro atoms. The quantitative estimate of drug-likeness (QED) is 0.0247. The number of nitrogens with zero attached hydrogens (tertiary/aromatic N) is 3. The number of anilines is 1. The summed E-state index contributed by atoms with van der Waals surface area (Å²) in [5, 5.41) is 49.6. The lowest BCUT2D eigenvalue weighted by molar-refractivity contribution is -0.160. The van der Waals surface area contributed by atoms with Crippen molar-refractivity contribution >= 4 is 70.9 Å². The number of carbonyl (C=O) groups excluding carboxylic acids is 8. The predicted molar refractivity (Wildman–Crippen MR) is 277 cm³/mol. The molecule has 4 heterocycles. The third kappa shape index (κ3) is 19.3. The lowest BCUT2D eigenvalue weighted by Crippen LogP contribution is -2.59. The molecule has 2 fully saturated rings. The number of methoxy groups -OCH3 is 1. The number of likely N-dealkylation sites (tertiary alicyclic amines) is 1. The van der Waals surface area contributed by atoms with E-state index in [1.807, 2.05) is 30.0 Å². The van der Waals surface area contributed by atoms with Gasteiger partial charge in [-0.05, 0) is 74.7 Å². The summed E-state index contributed by atoms with van der Waals surface area (Å²) in [7, 11) is 1.35. The molecule has 11 N–H and O–H groups in total. The van der Waals surface area contributed by atoms with Crippen molar-refractivity contribution in [2.24, 2.45) is 11.8 Å². The molecular formula is C51H77N11O16. The maximum Gasteiger partial charge on any atom is 0.317 e. The van der Waals surface area contributed by atoms with Crippen molar-refractivity contribution in [2.45, 2.75) is 121 Å². The normalized spacial score (nSPS) is 20.3. The fourth-order valence-electron chi connectivity index (χ4n) is 9.92. The van der Waals surface area contributed by atoms with Crippen LogP contribution in [0.4, 0.5) is 5.69 Å². The highest BCUT2D eigenvalue weighted by Crippen LogP contribution is 2.39. The smallest absolute Gasteiger partial charge is 0.317 e. The van der Waals surface area contributed by atoms with Crippen LogP contribution >= 0.6 is 0 Å². The summed E-state index contributed by atoms with van der Waals surface area (Å²) in [5.74, 6) is -7.57. The van der Waals surface area contributed by atoms with Crippen molar-refractivity contribution in [1.29, 1.82) is 0 Å². The van der Waals surface area contributed by atoms with E-state index in [0.717, 1.165) is 24.0 Å². The van der Waals surface area contributed by atoms with Crippen molar-refractivity contribution in [2.75, 3.05) is 90.5 Å². The van der Waals surface area contributed by atoms with Crippen LogP contribution in [0.2, 0.25) is 0 Å². The largest absolute Gasteiger partial charge is 0.481 e. The number of piperidine rings is 1. The van der Waals surface area contributed by atoms with E-state index in [9.17, 15) is 63.0 Å². The SMILES string of the molecule is CC[C@H](C)[C@H](NC(=O)CCNC(=O)CCNC(=O)[C@@H](CCC(=O)O)NC(=O)CN1CCC(CNCCN(CCNCC(=O)O)CC(=O)O)CC1)C(=O)N[C@H]1CCc2cccc3c2N(C1=O)[C@H](C(=O)N[C@@H]1CC(=O)O[C@@H]1OC)C3. The van der Waals surface area contributed by atoms with Crippen molar-refractivity contribution in [3.63, 3.8) is 0 Å². The minimum Gasteiger partial charge on any atom is -0.481 e. The summed E-state index contributed by atoms with van der Waals surface area (Å²) < 4.78 is 10.3. The van der Waals surface area contributed by atoms with Crippen LogP contribution in [0.5, 0.6) is 0 Å². The Morgan fingerprint density at radius 3 is 2.15 bits per heavy atom. The molecule has 0 unspecified atom stereocenters. The second kappa shape index (κ2) is 31.0. The summed E-state index contributed by atoms with van der Waals surface area (Å²) in [6, 6.07) is 0.528. The van der Waals surface area contributed by atoms with E-state index in [-0.39, 0.29) is 77.2 Å². The minimum atomic E-state index is -1.18. The van der Waals surface area contributed by atoms with Crippen LogP contribution < -0.4 is 47.4 Å². The van der Waals surface area contributed by atoms with Gasteiger partial charge >= 0.3 is 23.9 Å². The molecule has 0 bridgehead atoms. The predicted octanol–water partition coefficient (Wildman–Crippen LogP) is -2.97. The fraction of sp³-hybridized carbons (Fsp3) is 0.667. The fourth-order valence-corrected chi connectivity index (χ4v) is 9.92. The topological polar surface area (TPSA) is 373 Å². The number of hydrogen-bond donors (Lipinski definition) is 11. The molecule has 0 saturated carbocycles. The maximum absolute atomic E-state index is 14.3. The molecule has 0 aromatic heterocycles. The van der Waals surface area contributed by atoms with Crippen LogP contribution in [0.3, 0.4) is 0 Å². The van der Waals surface area contributed by atoms with Crippen LogP contribution in [0, 0.1) is 11.8 Å². The molecule has 7 atom stereocenters. The molecule has 1 aromatic carbocycles. The number of hydrogen-bond acceptors (Lipinski definition) is 17. The number of nitrogens with one attached hydrogen (secondary N) is 8. The highest BCUT2D eigenvalue weighted by atomic mass is 16.7. The highest BCUT2D eigenvalue weighted by Gasteiger charge is 2.46. The van der Waals surface area contributed by atoms with Crippen LogP contribution in [0.25, 0.3) is 0 Å². The second-order valence-electron chi connectivity index (χ2n) is 20.2. The summed E-state index contributed by atoms with van der Waals surface area (Å²) in [6.45, 7) is 6.49. The average molecular weight is 1100 g/mol. The van der Waals surface area contributed by atoms with E-state index in [4.69, 9.17) is 14.6 Å². The molecule has 4 aliphatic heterocycles. The molecule has 4 aliphatic rings. The number of esters is 1. The number of rotatable bonds is 33. The molecular weight excluding hydrogens is 1020 g/mol. The van der Waals surface area contributed by atoms with E-state index in [1.165, 1.54) is 12.0 Å². The Bertz CT molecular complexity index is 2320. The van der Waals surface area contributed by atoms with Gasteiger partial charge in [-0.2, -0.15) is 0 Å². The number of carbonyl (C=O) groups is 11. The molecule has 78 heavy (non-hydrogen) atoms. The molecule has 27 nitrogen and oxygen atoms in total. The Balaban J connectivity index is 1.02. The molecule has 432 valence electrons. The molecule has 5 rings (SSSR count). The summed E-state index contributed by atoms with van der Waals surface area (Å²) in [6.07, 6.45) is 0.785. The Morgan fingerprint density at radius 1 is 0.782 bits per heavy atom. The lowest BCUT2D eigenvalue weighted by atomic mass is 9.97. The zero-order valence-corrected chi connectivity index (χ0v) is 44.6. The third-order valence-electron chi connectivity index (χ3n) is 14.3. The van der Waals surface area contributed by atoms with Gasteiger partial charge in [-0.15, -0.1) is 0 Å². The standard InChI is InChI=1S/C51H77N11O16/c1-4-30(2)45(49(75)57-35-9-8-32-6-5-7-33-24-37(62(46(32)33)50(35)76)48(74)58-36-25-44(72)78-51(36)77-3)59-39(64)13-16-54-38(63)12-17-55-47(73)34(10-11-41(66)67)56-40(65)28-60-20-14-31(15-21-60)26-52-18-22-61(29-43(70)71)23-19-53-27-42(68)69/h5-7,30-31,34-37,45,51-53H,4,8-29H2,1-3H3,(H,54,63)(H,55,73)(H,56,65)(H,57,75)(H,58,74)(H,59,64)(H,66,67)(H,68,69)(H,70,71)/t30-,34+,35-,36+,37-,45-,51-/m0/s1. The first-order chi connectivity index (χ1) is 37.3. The zero-order valence-electron chi connectivity index (χ0n) is 44.6.